The van der Waals surface area contributed by atoms with Gasteiger partial charge in [0, 0.05) is 73.9 Å². The van der Waals surface area contributed by atoms with Gasteiger partial charge < -0.3 is 15.6 Å². The number of pyridine rings is 2. The first kappa shape index (κ1) is 26.9. The second-order valence-corrected chi connectivity index (χ2v) is 10.5. The molecule has 41 heavy (non-hydrogen) atoms. The Morgan fingerprint density at radius 3 is 2.63 bits per heavy atom. The van der Waals surface area contributed by atoms with E-state index in [1.165, 1.54) is 11.1 Å². The number of hydrogen-bond acceptors (Lipinski definition) is 7. The van der Waals surface area contributed by atoms with Gasteiger partial charge in [-0.3, -0.25) is 14.4 Å². The molecule has 2 aliphatic rings. The number of nitrogens with two attached hydrogens (primary N) is 1. The number of piperidine rings is 1. The Labute approximate surface area is 231 Å². The second-order valence-electron chi connectivity index (χ2n) is 10.5. The van der Waals surface area contributed by atoms with Crippen LogP contribution in [0.2, 0.25) is 0 Å². The fourth-order valence-electron chi connectivity index (χ4n) is 5.81. The molecule has 212 valence electrons. The normalized spacial score (nSPS) is 17.9. The quantitative estimate of drug-likeness (QED) is 0.354. The standard InChI is InChI=1S/C27H25F4N9O/c28-21-11-35-22(27(29,30)31)7-20(21)25(41)38-5-2-18(3-6-38)39-14-26(13-33,15-39)40-12-17(10-37-40)23-16(8-32)9-36-24-19(23)1-4-34-24/h1,4,7,9-12,18H,2-3,5-6,13-15,33H2,(H,34,36). The Hall–Kier alpha value is -4.35. The summed E-state index contributed by atoms with van der Waals surface area (Å²) in [6.45, 7) is 2.16. The van der Waals surface area contributed by atoms with Crippen LogP contribution in [-0.4, -0.2) is 79.2 Å². The summed E-state index contributed by atoms with van der Waals surface area (Å²) < 4.78 is 55.1. The molecule has 2 saturated heterocycles. The molecular formula is C27H25F4N9O. The van der Waals surface area contributed by atoms with E-state index in [-0.39, 0.29) is 19.1 Å². The van der Waals surface area contributed by atoms with Crippen molar-refractivity contribution >= 4 is 16.9 Å². The topological polar surface area (TPSA) is 133 Å². The second kappa shape index (κ2) is 9.93. The zero-order valence-corrected chi connectivity index (χ0v) is 21.7. The number of likely N-dealkylation sites (tertiary alicyclic amines) is 2. The molecule has 0 unspecified atom stereocenters. The lowest BCUT2D eigenvalue weighted by Gasteiger charge is -2.54. The number of alkyl halides is 3. The van der Waals surface area contributed by atoms with Gasteiger partial charge >= 0.3 is 6.18 Å². The number of aromatic nitrogens is 5. The van der Waals surface area contributed by atoms with Crippen molar-refractivity contribution in [2.45, 2.75) is 30.6 Å². The summed E-state index contributed by atoms with van der Waals surface area (Å²) in [5.41, 5.74) is 6.49. The Kier molecular flexibility index (Phi) is 6.50. The number of rotatable bonds is 5. The van der Waals surface area contributed by atoms with Crippen molar-refractivity contribution in [2.75, 3.05) is 32.7 Å². The third kappa shape index (κ3) is 4.60. The number of aromatic amines is 1. The van der Waals surface area contributed by atoms with E-state index >= 15 is 0 Å². The van der Waals surface area contributed by atoms with Gasteiger partial charge in [0.05, 0.1) is 23.5 Å². The Morgan fingerprint density at radius 2 is 1.95 bits per heavy atom. The average molecular weight is 568 g/mol. The summed E-state index contributed by atoms with van der Waals surface area (Å²) in [6, 6.07) is 4.68. The molecular weight excluding hydrogens is 542 g/mol. The predicted octanol–water partition coefficient (Wildman–Crippen LogP) is 3.13. The number of H-pyrrole nitrogens is 1. The molecule has 10 nitrogen and oxygen atoms in total. The molecule has 0 bridgehead atoms. The highest BCUT2D eigenvalue weighted by Crippen LogP contribution is 2.36. The maximum Gasteiger partial charge on any atom is 0.433 e. The molecule has 4 aromatic rings. The zero-order chi connectivity index (χ0) is 28.9. The van der Waals surface area contributed by atoms with Crippen LogP contribution in [0.15, 0.2) is 43.1 Å². The highest BCUT2D eigenvalue weighted by molar-refractivity contribution is 5.96. The van der Waals surface area contributed by atoms with Crippen molar-refractivity contribution in [2.24, 2.45) is 5.73 Å². The molecule has 3 N–H and O–H groups in total. The third-order valence-electron chi connectivity index (χ3n) is 8.08. The molecule has 0 atom stereocenters. The Balaban J connectivity index is 1.12. The summed E-state index contributed by atoms with van der Waals surface area (Å²) in [7, 11) is 0. The predicted molar refractivity (Wildman–Crippen MR) is 139 cm³/mol. The number of hydrogen-bond donors (Lipinski definition) is 2. The molecule has 4 aromatic heterocycles. The monoisotopic (exact) mass is 567 g/mol. The van der Waals surface area contributed by atoms with Crippen LogP contribution in [0, 0.1) is 17.1 Å². The van der Waals surface area contributed by atoms with Crippen LogP contribution in [-0.2, 0) is 11.7 Å². The molecule has 0 aromatic carbocycles. The van der Waals surface area contributed by atoms with Crippen molar-refractivity contribution in [3.05, 3.63) is 65.8 Å². The minimum atomic E-state index is -4.78. The lowest BCUT2D eigenvalue weighted by atomic mass is 9.86. The van der Waals surface area contributed by atoms with Gasteiger partial charge in [-0.2, -0.15) is 23.5 Å². The molecule has 6 heterocycles. The smallest absolute Gasteiger partial charge is 0.346 e. The highest BCUT2D eigenvalue weighted by Gasteiger charge is 2.47. The number of nitrogens with one attached hydrogen (secondary N) is 1. The van der Waals surface area contributed by atoms with E-state index in [4.69, 9.17) is 5.73 Å². The van der Waals surface area contributed by atoms with Gasteiger partial charge in [-0.15, -0.1) is 0 Å². The van der Waals surface area contributed by atoms with Crippen LogP contribution in [0.25, 0.3) is 22.2 Å². The molecule has 0 spiro atoms. The maximum absolute atomic E-state index is 14.2. The molecule has 1 amide bonds. The molecule has 2 aliphatic heterocycles. The summed E-state index contributed by atoms with van der Waals surface area (Å²) in [4.78, 5) is 26.9. The van der Waals surface area contributed by atoms with Crippen LogP contribution < -0.4 is 5.73 Å². The maximum atomic E-state index is 14.2. The first-order chi connectivity index (χ1) is 19.6. The van der Waals surface area contributed by atoms with Gasteiger partial charge in [-0.05, 0) is 25.0 Å². The Morgan fingerprint density at radius 1 is 1.20 bits per heavy atom. The number of fused-ring (bicyclic) bond motifs is 1. The molecule has 0 saturated carbocycles. The third-order valence-corrected chi connectivity index (χ3v) is 8.08. The van der Waals surface area contributed by atoms with Crippen molar-refractivity contribution in [1.29, 1.82) is 5.26 Å². The first-order valence-corrected chi connectivity index (χ1v) is 13.0. The van der Waals surface area contributed by atoms with Crippen molar-refractivity contribution in [3.63, 3.8) is 0 Å². The summed E-state index contributed by atoms with van der Waals surface area (Å²) >= 11 is 0. The fraction of sp³-hybridized carbons (Fsp3) is 0.370. The highest BCUT2D eigenvalue weighted by atomic mass is 19.4. The van der Waals surface area contributed by atoms with Gasteiger partial charge in [-0.1, -0.05) is 0 Å². The fourth-order valence-corrected chi connectivity index (χ4v) is 5.81. The number of nitrogens with zero attached hydrogens (tertiary/aromatic N) is 7. The summed E-state index contributed by atoms with van der Waals surface area (Å²) in [5.74, 6) is -1.85. The van der Waals surface area contributed by atoms with Gasteiger partial charge in [0.25, 0.3) is 5.91 Å². The Bertz CT molecular complexity index is 1660. The number of nitriles is 1. The molecule has 2 fully saturated rings. The number of carbonyl (C=O) groups is 1. The number of carbonyl (C=O) groups excluding carboxylic acids is 1. The largest absolute Gasteiger partial charge is 0.433 e. The van der Waals surface area contributed by atoms with Crippen molar-refractivity contribution in [3.8, 4) is 17.2 Å². The van der Waals surface area contributed by atoms with Gasteiger partial charge in [-0.25, -0.2) is 14.4 Å². The zero-order valence-electron chi connectivity index (χ0n) is 21.7. The first-order valence-electron chi connectivity index (χ1n) is 13.0. The lowest BCUT2D eigenvalue weighted by molar-refractivity contribution is -0.141. The molecule has 0 radical (unpaired) electrons. The molecule has 6 rings (SSSR count). The SMILES string of the molecule is N#Cc1cnc2[nH]ccc2c1-c1cnn(C2(CN)CN(C3CCN(C(=O)c4cc(C(F)(F)F)ncc4F)CC3)C2)c1. The van der Waals surface area contributed by atoms with E-state index in [0.717, 1.165) is 16.5 Å². The summed E-state index contributed by atoms with van der Waals surface area (Å²) in [5, 5.41) is 15.1. The van der Waals surface area contributed by atoms with E-state index in [1.807, 2.05) is 16.9 Å². The summed E-state index contributed by atoms with van der Waals surface area (Å²) in [6.07, 6.45) is 3.75. The van der Waals surface area contributed by atoms with Crippen LogP contribution in [0.1, 0.15) is 34.5 Å². The minimum absolute atomic E-state index is 0.131. The number of halogens is 4. The van der Waals surface area contributed by atoms with E-state index in [0.29, 0.717) is 55.9 Å². The lowest BCUT2D eigenvalue weighted by Crippen LogP contribution is -2.69. The van der Waals surface area contributed by atoms with E-state index in [1.54, 1.807) is 12.4 Å². The number of amides is 1. The minimum Gasteiger partial charge on any atom is -0.346 e. The van der Waals surface area contributed by atoms with Crippen LogP contribution in [0.5, 0.6) is 0 Å². The molecule has 0 aliphatic carbocycles. The van der Waals surface area contributed by atoms with E-state index < -0.39 is 34.7 Å². The van der Waals surface area contributed by atoms with Gasteiger partial charge in [0.15, 0.2) is 5.82 Å². The van der Waals surface area contributed by atoms with Crippen LogP contribution >= 0.6 is 0 Å². The van der Waals surface area contributed by atoms with Crippen molar-refractivity contribution < 1.29 is 22.4 Å². The van der Waals surface area contributed by atoms with Gasteiger partial charge in [0.1, 0.15) is 22.9 Å². The van der Waals surface area contributed by atoms with Crippen LogP contribution in [0.3, 0.4) is 0 Å². The molecule has 14 heteroatoms. The van der Waals surface area contributed by atoms with Crippen LogP contribution in [0.4, 0.5) is 17.6 Å². The van der Waals surface area contributed by atoms with Crippen molar-refractivity contribution in [1.82, 2.24) is 34.5 Å². The van der Waals surface area contributed by atoms with E-state index in [9.17, 15) is 27.6 Å². The average Bonchev–Trinajstić information content (AvgIpc) is 3.62. The van der Waals surface area contributed by atoms with Gasteiger partial charge in [0.2, 0.25) is 0 Å². The van der Waals surface area contributed by atoms with E-state index in [2.05, 4.69) is 31.0 Å².